The van der Waals surface area contributed by atoms with E-state index in [0.29, 0.717) is 16.7 Å². The number of ketones is 1. The predicted octanol–water partition coefficient (Wildman–Crippen LogP) is 3.73. The van der Waals surface area contributed by atoms with Gasteiger partial charge in [0.2, 0.25) is 5.78 Å². The Balaban J connectivity index is 2.23. The maximum Gasteiger partial charge on any atom is 0.379 e. The van der Waals surface area contributed by atoms with Crippen molar-refractivity contribution < 1.29 is 18.4 Å². The molecule has 3 rings (SSSR count). The molecule has 0 radical (unpaired) electrons. The molecule has 6 nitrogen and oxygen atoms in total. The standard InChI is InChI=1S/C19H19N2O4P/c1-13-9-11-14(12-10-13)16-17(18(22)15-7-5-4-6-8-15)20-21-19(16)26(23,24-2)25-3/h4-12H,1-3H3,(H,20,21). The lowest BCUT2D eigenvalue weighted by Crippen LogP contribution is -2.13. The first kappa shape index (κ1) is 18.3. The van der Waals surface area contributed by atoms with Gasteiger partial charge in [0.05, 0.1) is 0 Å². The first-order valence-electron chi connectivity index (χ1n) is 7.97. The molecular weight excluding hydrogens is 351 g/mol. The van der Waals surface area contributed by atoms with Gasteiger partial charge in [-0.1, -0.05) is 60.2 Å². The van der Waals surface area contributed by atoms with Crippen molar-refractivity contribution in [1.29, 1.82) is 0 Å². The molecule has 0 aliphatic carbocycles. The van der Waals surface area contributed by atoms with E-state index < -0.39 is 7.60 Å². The van der Waals surface area contributed by atoms with Crippen LogP contribution >= 0.6 is 7.60 Å². The minimum absolute atomic E-state index is 0.158. The largest absolute Gasteiger partial charge is 0.379 e. The van der Waals surface area contributed by atoms with Crippen LogP contribution in [0.5, 0.6) is 0 Å². The highest BCUT2D eigenvalue weighted by atomic mass is 31.2. The van der Waals surface area contributed by atoms with Crippen LogP contribution in [-0.2, 0) is 13.6 Å². The second-order valence-corrected chi connectivity index (χ2v) is 7.89. The Hall–Kier alpha value is -2.53. The van der Waals surface area contributed by atoms with Crippen LogP contribution < -0.4 is 5.44 Å². The molecule has 26 heavy (non-hydrogen) atoms. The zero-order valence-electron chi connectivity index (χ0n) is 14.7. The van der Waals surface area contributed by atoms with E-state index in [0.717, 1.165) is 5.56 Å². The fourth-order valence-corrected chi connectivity index (χ4v) is 3.87. The summed E-state index contributed by atoms with van der Waals surface area (Å²) < 4.78 is 23.2. The average Bonchev–Trinajstić information content (AvgIpc) is 3.13. The van der Waals surface area contributed by atoms with Gasteiger partial charge in [-0.05, 0) is 12.5 Å². The highest BCUT2D eigenvalue weighted by Crippen LogP contribution is 2.47. The van der Waals surface area contributed by atoms with Gasteiger partial charge in [-0.2, -0.15) is 5.10 Å². The number of carbonyl (C=O) groups excluding carboxylic acids is 1. The van der Waals surface area contributed by atoms with Gasteiger partial charge in [-0.15, -0.1) is 0 Å². The molecule has 1 N–H and O–H groups in total. The number of carbonyl (C=O) groups is 1. The summed E-state index contributed by atoms with van der Waals surface area (Å²) >= 11 is 0. The Morgan fingerprint density at radius 3 is 2.19 bits per heavy atom. The van der Waals surface area contributed by atoms with Crippen molar-refractivity contribution in [2.24, 2.45) is 0 Å². The Kier molecular flexibility index (Phi) is 5.18. The van der Waals surface area contributed by atoms with Crippen molar-refractivity contribution in [3.63, 3.8) is 0 Å². The second-order valence-electron chi connectivity index (χ2n) is 5.72. The van der Waals surface area contributed by atoms with Gasteiger partial charge in [-0.3, -0.25) is 14.5 Å². The molecule has 0 atom stereocenters. The summed E-state index contributed by atoms with van der Waals surface area (Å²) in [6, 6.07) is 16.3. The maximum absolute atomic E-state index is 13.0. The van der Waals surface area contributed by atoms with Gasteiger partial charge >= 0.3 is 7.60 Å². The first-order chi connectivity index (χ1) is 12.5. The predicted molar refractivity (Wildman–Crippen MR) is 99.9 cm³/mol. The third-order valence-electron chi connectivity index (χ3n) is 4.09. The number of nitrogens with one attached hydrogen (secondary N) is 1. The molecular formula is C19H19N2O4P. The van der Waals surface area contributed by atoms with E-state index in [-0.39, 0.29) is 16.9 Å². The summed E-state index contributed by atoms with van der Waals surface area (Å²) in [5.74, 6) is -0.276. The van der Waals surface area contributed by atoms with Crippen molar-refractivity contribution >= 4 is 18.8 Å². The minimum atomic E-state index is -3.63. The Morgan fingerprint density at radius 2 is 1.62 bits per heavy atom. The van der Waals surface area contributed by atoms with Gasteiger partial charge in [0.1, 0.15) is 5.69 Å². The van der Waals surface area contributed by atoms with E-state index in [1.54, 1.807) is 24.3 Å². The van der Waals surface area contributed by atoms with Crippen molar-refractivity contribution in [1.82, 2.24) is 10.2 Å². The SMILES string of the molecule is COP(=O)(OC)c1[nH]nc(C(=O)c2ccccc2)c1-c1ccc(C)cc1. The molecule has 7 heteroatoms. The molecule has 0 amide bonds. The highest BCUT2D eigenvalue weighted by Gasteiger charge is 2.34. The molecule has 0 aliphatic rings. The van der Waals surface area contributed by atoms with Crippen LogP contribution in [0.2, 0.25) is 0 Å². The minimum Gasteiger partial charge on any atom is -0.308 e. The summed E-state index contributed by atoms with van der Waals surface area (Å²) in [5, 5.41) is 6.84. The molecule has 1 heterocycles. The lowest BCUT2D eigenvalue weighted by Gasteiger charge is -2.14. The molecule has 134 valence electrons. The lowest BCUT2D eigenvalue weighted by atomic mass is 10.00. The summed E-state index contributed by atoms with van der Waals surface area (Å²) in [6.07, 6.45) is 0. The van der Waals surface area contributed by atoms with Crippen LogP contribution in [0, 0.1) is 6.92 Å². The normalized spacial score (nSPS) is 11.5. The monoisotopic (exact) mass is 370 g/mol. The smallest absolute Gasteiger partial charge is 0.308 e. The summed E-state index contributed by atoms with van der Waals surface area (Å²) in [4.78, 5) is 13.0. The molecule has 0 aliphatic heterocycles. The maximum atomic E-state index is 13.0. The van der Waals surface area contributed by atoms with E-state index in [4.69, 9.17) is 9.05 Å². The third-order valence-corrected chi connectivity index (χ3v) is 5.93. The quantitative estimate of drug-likeness (QED) is 0.528. The van der Waals surface area contributed by atoms with Gasteiger partial charge in [0, 0.05) is 25.3 Å². The molecule has 0 spiro atoms. The van der Waals surface area contributed by atoms with Crippen LogP contribution in [-0.4, -0.2) is 30.2 Å². The molecule has 0 unspecified atom stereocenters. The Labute approximate surface area is 151 Å². The number of hydrogen-bond donors (Lipinski definition) is 1. The van der Waals surface area contributed by atoms with E-state index in [9.17, 15) is 9.36 Å². The van der Waals surface area contributed by atoms with Crippen LogP contribution in [0.1, 0.15) is 21.6 Å². The van der Waals surface area contributed by atoms with Gasteiger partial charge in [0.25, 0.3) is 0 Å². The zero-order valence-corrected chi connectivity index (χ0v) is 15.6. The number of aryl methyl sites for hydroxylation is 1. The molecule has 0 bridgehead atoms. The number of aromatic amines is 1. The number of nitrogens with zero attached hydrogens (tertiary/aromatic N) is 1. The average molecular weight is 370 g/mol. The molecule has 0 saturated carbocycles. The van der Waals surface area contributed by atoms with Gasteiger partial charge in [-0.25, -0.2) is 0 Å². The molecule has 0 saturated heterocycles. The van der Waals surface area contributed by atoms with Crippen LogP contribution in [0.15, 0.2) is 54.6 Å². The second kappa shape index (κ2) is 7.38. The number of rotatable bonds is 6. The zero-order chi connectivity index (χ0) is 18.7. The van der Waals surface area contributed by atoms with Crippen LogP contribution in [0.4, 0.5) is 0 Å². The Morgan fingerprint density at radius 1 is 1.00 bits per heavy atom. The topological polar surface area (TPSA) is 81.3 Å². The fraction of sp³-hybridized carbons (Fsp3) is 0.158. The van der Waals surface area contributed by atoms with E-state index in [1.165, 1.54) is 14.2 Å². The van der Waals surface area contributed by atoms with Crippen molar-refractivity contribution in [2.45, 2.75) is 6.92 Å². The highest BCUT2D eigenvalue weighted by molar-refractivity contribution is 7.62. The fourth-order valence-electron chi connectivity index (χ4n) is 2.67. The number of benzene rings is 2. The number of hydrogen-bond acceptors (Lipinski definition) is 5. The van der Waals surface area contributed by atoms with Crippen LogP contribution in [0.25, 0.3) is 11.1 Å². The number of H-pyrrole nitrogens is 1. The Bertz CT molecular complexity index is 957. The summed E-state index contributed by atoms with van der Waals surface area (Å²) in [7, 11) is -1.04. The molecule has 0 fully saturated rings. The van der Waals surface area contributed by atoms with Crippen molar-refractivity contribution in [2.75, 3.05) is 14.2 Å². The van der Waals surface area contributed by atoms with E-state index in [1.807, 2.05) is 37.3 Å². The number of aromatic nitrogens is 2. The summed E-state index contributed by atoms with van der Waals surface area (Å²) in [5.41, 5.74) is 3.01. The molecule has 3 aromatic rings. The van der Waals surface area contributed by atoms with Crippen LogP contribution in [0.3, 0.4) is 0 Å². The lowest BCUT2D eigenvalue weighted by molar-refractivity contribution is 0.103. The third kappa shape index (κ3) is 3.27. The van der Waals surface area contributed by atoms with Crippen molar-refractivity contribution in [3.05, 3.63) is 71.4 Å². The molecule has 2 aromatic carbocycles. The van der Waals surface area contributed by atoms with E-state index >= 15 is 0 Å². The van der Waals surface area contributed by atoms with E-state index in [2.05, 4.69) is 10.2 Å². The first-order valence-corrected chi connectivity index (χ1v) is 9.51. The van der Waals surface area contributed by atoms with Gasteiger partial charge < -0.3 is 9.05 Å². The van der Waals surface area contributed by atoms with Gasteiger partial charge in [0.15, 0.2) is 5.44 Å². The molecule has 1 aromatic heterocycles. The van der Waals surface area contributed by atoms with Crippen molar-refractivity contribution in [3.8, 4) is 11.1 Å². The summed E-state index contributed by atoms with van der Waals surface area (Å²) in [6.45, 7) is 1.96.